The Labute approximate surface area is 122 Å². The molecule has 0 saturated heterocycles. The maximum atomic E-state index is 11.9. The van der Waals surface area contributed by atoms with Gasteiger partial charge in [-0.2, -0.15) is 5.10 Å². The number of hydrogen-bond donors (Lipinski definition) is 2. The molecule has 0 amide bonds. The summed E-state index contributed by atoms with van der Waals surface area (Å²) in [5.41, 5.74) is 0.577. The van der Waals surface area contributed by atoms with Gasteiger partial charge in [0, 0.05) is 6.54 Å². The zero-order chi connectivity index (χ0) is 14.6. The molecule has 108 valence electrons. The van der Waals surface area contributed by atoms with Gasteiger partial charge in [0.25, 0.3) is 5.56 Å². The molecule has 0 aromatic carbocycles. The van der Waals surface area contributed by atoms with E-state index < -0.39 is 0 Å². The summed E-state index contributed by atoms with van der Waals surface area (Å²) in [6, 6.07) is 0. The highest BCUT2D eigenvalue weighted by Crippen LogP contribution is 2.27. The quantitative estimate of drug-likeness (QED) is 0.837. The molecular weight excluding hydrogens is 310 g/mol. The van der Waals surface area contributed by atoms with Crippen LogP contribution >= 0.6 is 15.9 Å². The average molecular weight is 332 g/mol. The molecule has 1 aromatic heterocycles. The molecule has 0 atom stereocenters. The molecule has 5 nitrogen and oxygen atoms in total. The average Bonchev–Trinajstić information content (AvgIpc) is 2.34. The standard InChI is InChI=1S/C13H22BrN3O2/c1-9(2)13(3,4)8-15-10-7-16-17(5-6-18)12(19)11(10)14/h7,9,15,18H,5-6,8H2,1-4H3. The fourth-order valence-electron chi connectivity index (χ4n) is 1.37. The number of aliphatic hydroxyl groups is 1. The minimum absolute atomic E-state index is 0.105. The van der Waals surface area contributed by atoms with Gasteiger partial charge in [0.15, 0.2) is 0 Å². The number of rotatable bonds is 6. The lowest BCUT2D eigenvalue weighted by molar-refractivity contribution is 0.265. The molecule has 19 heavy (non-hydrogen) atoms. The number of anilines is 1. The monoisotopic (exact) mass is 331 g/mol. The molecule has 2 N–H and O–H groups in total. The van der Waals surface area contributed by atoms with Crippen LogP contribution < -0.4 is 10.9 Å². The number of halogens is 1. The van der Waals surface area contributed by atoms with Gasteiger partial charge in [-0.1, -0.05) is 27.7 Å². The molecule has 1 heterocycles. The SMILES string of the molecule is CC(C)C(C)(C)CNc1cnn(CCO)c(=O)c1Br. The Kier molecular flexibility index (Phi) is 5.55. The molecule has 0 saturated carbocycles. The molecule has 0 spiro atoms. The van der Waals surface area contributed by atoms with Gasteiger partial charge in [-0.05, 0) is 27.3 Å². The van der Waals surface area contributed by atoms with Gasteiger partial charge in [-0.25, -0.2) is 4.68 Å². The number of hydrogen-bond acceptors (Lipinski definition) is 4. The van der Waals surface area contributed by atoms with Crippen molar-refractivity contribution in [3.63, 3.8) is 0 Å². The molecule has 0 aliphatic heterocycles. The van der Waals surface area contributed by atoms with E-state index in [1.165, 1.54) is 4.68 Å². The normalized spacial score (nSPS) is 11.9. The van der Waals surface area contributed by atoms with Crippen molar-refractivity contribution in [1.29, 1.82) is 0 Å². The van der Waals surface area contributed by atoms with Crippen LogP contribution in [0, 0.1) is 11.3 Å². The van der Waals surface area contributed by atoms with Crippen molar-refractivity contribution >= 4 is 21.6 Å². The molecule has 0 bridgehead atoms. The van der Waals surface area contributed by atoms with Crippen molar-refractivity contribution in [3.8, 4) is 0 Å². The summed E-state index contributed by atoms with van der Waals surface area (Å²) < 4.78 is 1.69. The first kappa shape index (κ1) is 16.2. The maximum Gasteiger partial charge on any atom is 0.283 e. The molecule has 0 radical (unpaired) electrons. The number of aromatic nitrogens is 2. The van der Waals surface area contributed by atoms with Gasteiger partial charge < -0.3 is 10.4 Å². The van der Waals surface area contributed by atoms with E-state index in [0.717, 1.165) is 6.54 Å². The zero-order valence-electron chi connectivity index (χ0n) is 11.9. The van der Waals surface area contributed by atoms with E-state index in [1.807, 2.05) is 0 Å². The molecular formula is C13H22BrN3O2. The van der Waals surface area contributed by atoms with Crippen molar-refractivity contribution in [2.24, 2.45) is 11.3 Å². The minimum Gasteiger partial charge on any atom is -0.394 e. The molecule has 1 aromatic rings. The Morgan fingerprint density at radius 3 is 2.68 bits per heavy atom. The Morgan fingerprint density at radius 1 is 1.53 bits per heavy atom. The summed E-state index contributed by atoms with van der Waals surface area (Å²) in [6.45, 7) is 9.57. The third-order valence-corrected chi connectivity index (χ3v) is 4.36. The summed E-state index contributed by atoms with van der Waals surface area (Å²) >= 11 is 3.29. The van der Waals surface area contributed by atoms with E-state index in [9.17, 15) is 4.79 Å². The summed E-state index contributed by atoms with van der Waals surface area (Å²) in [5.74, 6) is 0.529. The number of nitrogens with one attached hydrogen (secondary N) is 1. The lowest BCUT2D eigenvalue weighted by Gasteiger charge is -2.30. The van der Waals surface area contributed by atoms with Crippen LogP contribution in [-0.4, -0.2) is 28.0 Å². The fourth-order valence-corrected chi connectivity index (χ4v) is 1.82. The Balaban J connectivity index is 2.87. The van der Waals surface area contributed by atoms with Crippen LogP contribution in [0.2, 0.25) is 0 Å². The second-order valence-corrected chi connectivity index (χ2v) is 6.41. The Hall–Kier alpha value is -0.880. The van der Waals surface area contributed by atoms with Crippen molar-refractivity contribution in [3.05, 3.63) is 21.0 Å². The predicted octanol–water partition coefficient (Wildman–Crippen LogP) is 2.09. The maximum absolute atomic E-state index is 11.9. The zero-order valence-corrected chi connectivity index (χ0v) is 13.5. The van der Waals surface area contributed by atoms with Crippen LogP contribution in [0.4, 0.5) is 5.69 Å². The van der Waals surface area contributed by atoms with Gasteiger partial charge >= 0.3 is 0 Å². The topological polar surface area (TPSA) is 67.2 Å². The highest BCUT2D eigenvalue weighted by Gasteiger charge is 2.22. The largest absolute Gasteiger partial charge is 0.394 e. The first-order chi connectivity index (χ1) is 8.79. The molecule has 0 fully saturated rings. The van der Waals surface area contributed by atoms with Crippen LogP contribution in [0.1, 0.15) is 27.7 Å². The second kappa shape index (κ2) is 6.52. The molecule has 0 aliphatic carbocycles. The van der Waals surface area contributed by atoms with E-state index >= 15 is 0 Å². The van der Waals surface area contributed by atoms with Gasteiger partial charge in [0.2, 0.25) is 0 Å². The highest BCUT2D eigenvalue weighted by molar-refractivity contribution is 9.10. The van der Waals surface area contributed by atoms with Gasteiger partial charge in [-0.15, -0.1) is 0 Å². The fraction of sp³-hybridized carbons (Fsp3) is 0.692. The Bertz CT molecular complexity index is 483. The van der Waals surface area contributed by atoms with Crippen LogP contribution in [0.5, 0.6) is 0 Å². The summed E-state index contributed by atoms with van der Waals surface area (Å²) in [5, 5.41) is 16.1. The van der Waals surface area contributed by atoms with E-state index in [-0.39, 0.29) is 24.1 Å². The Morgan fingerprint density at radius 2 is 2.16 bits per heavy atom. The smallest absolute Gasteiger partial charge is 0.283 e. The molecule has 0 unspecified atom stereocenters. The predicted molar refractivity (Wildman–Crippen MR) is 80.4 cm³/mol. The third-order valence-electron chi connectivity index (χ3n) is 3.59. The minimum atomic E-state index is -0.235. The van der Waals surface area contributed by atoms with E-state index in [1.54, 1.807) is 6.20 Å². The first-order valence-corrected chi connectivity index (χ1v) is 7.19. The van der Waals surface area contributed by atoms with Crippen molar-refractivity contribution in [2.75, 3.05) is 18.5 Å². The lowest BCUT2D eigenvalue weighted by atomic mass is 9.81. The number of nitrogens with zero attached hydrogens (tertiary/aromatic N) is 2. The van der Waals surface area contributed by atoms with Crippen molar-refractivity contribution in [2.45, 2.75) is 34.2 Å². The van der Waals surface area contributed by atoms with Crippen LogP contribution in [0.3, 0.4) is 0 Å². The lowest BCUT2D eigenvalue weighted by Crippen LogP contribution is -2.30. The highest BCUT2D eigenvalue weighted by atomic mass is 79.9. The van der Waals surface area contributed by atoms with E-state index in [2.05, 4.69) is 54.0 Å². The first-order valence-electron chi connectivity index (χ1n) is 6.40. The summed E-state index contributed by atoms with van der Waals surface area (Å²) in [7, 11) is 0. The van der Waals surface area contributed by atoms with Gasteiger partial charge in [0.05, 0.1) is 25.0 Å². The van der Waals surface area contributed by atoms with Crippen LogP contribution in [0.15, 0.2) is 15.5 Å². The van der Waals surface area contributed by atoms with Gasteiger partial charge in [0.1, 0.15) is 4.47 Å². The summed E-state index contributed by atoms with van der Waals surface area (Å²) in [4.78, 5) is 11.9. The molecule has 1 rings (SSSR count). The molecule has 0 aliphatic rings. The van der Waals surface area contributed by atoms with E-state index in [4.69, 9.17) is 5.11 Å². The second-order valence-electron chi connectivity index (χ2n) is 5.62. The molecule has 6 heteroatoms. The van der Waals surface area contributed by atoms with Crippen molar-refractivity contribution in [1.82, 2.24) is 9.78 Å². The van der Waals surface area contributed by atoms with Crippen LogP contribution in [0.25, 0.3) is 0 Å². The van der Waals surface area contributed by atoms with E-state index in [0.29, 0.717) is 16.1 Å². The van der Waals surface area contributed by atoms with Crippen molar-refractivity contribution < 1.29 is 5.11 Å². The third kappa shape index (κ3) is 4.04. The summed E-state index contributed by atoms with van der Waals surface area (Å²) in [6.07, 6.45) is 1.61. The van der Waals surface area contributed by atoms with Crippen LogP contribution in [-0.2, 0) is 6.54 Å². The number of aliphatic hydroxyl groups excluding tert-OH is 1. The van der Waals surface area contributed by atoms with Gasteiger partial charge in [-0.3, -0.25) is 4.79 Å².